The van der Waals surface area contributed by atoms with Crippen molar-refractivity contribution in [3.63, 3.8) is 0 Å². The molecule has 1 aromatic carbocycles. The average molecular weight is 240 g/mol. The summed E-state index contributed by atoms with van der Waals surface area (Å²) in [5.74, 6) is -0.362. The monoisotopic (exact) mass is 240 g/mol. The van der Waals surface area contributed by atoms with E-state index in [0.717, 1.165) is 0 Å². The molecule has 1 aromatic rings. The Balaban J connectivity index is 2.88. The van der Waals surface area contributed by atoms with E-state index < -0.39 is 15.7 Å². The van der Waals surface area contributed by atoms with Crippen molar-refractivity contribution in [3.05, 3.63) is 29.8 Å². The van der Waals surface area contributed by atoms with Gasteiger partial charge in [-0.25, -0.2) is 0 Å². The maximum atomic E-state index is 11.2. The molecule has 0 saturated heterocycles. The van der Waals surface area contributed by atoms with Crippen molar-refractivity contribution in [3.8, 4) is 0 Å². The van der Waals surface area contributed by atoms with Crippen molar-refractivity contribution >= 4 is 26.0 Å². The zero-order valence-electron chi connectivity index (χ0n) is 7.19. The predicted octanol–water partition coefficient (Wildman–Crippen LogP) is 0.538. The summed E-state index contributed by atoms with van der Waals surface area (Å²) in [5, 5.41) is 0. The summed E-state index contributed by atoms with van der Waals surface area (Å²) in [7, 11) is 0. The normalized spacial score (nSPS) is 9.92. The molecule has 3 nitrogen and oxygen atoms in total. The minimum absolute atomic E-state index is 0.355. The Labute approximate surface area is 83.0 Å². The third-order valence-electron chi connectivity index (χ3n) is 1.46. The SMILES string of the molecule is CCOC(=O)c1cccc([As]=O)c1. The molecule has 0 saturated carbocycles. The molecule has 0 amide bonds. The van der Waals surface area contributed by atoms with Crippen molar-refractivity contribution in [1.29, 1.82) is 0 Å². The van der Waals surface area contributed by atoms with Gasteiger partial charge in [0.05, 0.1) is 0 Å². The third kappa shape index (κ3) is 2.78. The van der Waals surface area contributed by atoms with E-state index in [1.54, 1.807) is 31.2 Å². The van der Waals surface area contributed by atoms with E-state index in [4.69, 9.17) is 4.74 Å². The van der Waals surface area contributed by atoms with Gasteiger partial charge in [-0.05, 0) is 0 Å². The summed E-state index contributed by atoms with van der Waals surface area (Å²) < 4.78 is 16.1. The Hall–Kier alpha value is -0.952. The molecular formula is C9H9AsO3. The number of carbonyl (C=O) groups is 1. The first kappa shape index (κ1) is 10.1. The van der Waals surface area contributed by atoms with Crippen molar-refractivity contribution in [1.82, 2.24) is 0 Å². The van der Waals surface area contributed by atoms with E-state index in [1.807, 2.05) is 0 Å². The number of hydrogen-bond donors (Lipinski definition) is 0. The van der Waals surface area contributed by atoms with Crippen LogP contribution in [0.4, 0.5) is 0 Å². The molecule has 0 aromatic heterocycles. The van der Waals surface area contributed by atoms with Crippen LogP contribution >= 0.6 is 0 Å². The molecule has 68 valence electrons. The molecule has 0 aliphatic rings. The van der Waals surface area contributed by atoms with Crippen LogP contribution in [-0.2, 0) is 8.48 Å². The molecule has 0 aliphatic heterocycles. The van der Waals surface area contributed by atoms with Crippen LogP contribution in [0.25, 0.3) is 0 Å². The van der Waals surface area contributed by atoms with Crippen LogP contribution in [-0.4, -0.2) is 28.3 Å². The van der Waals surface area contributed by atoms with Crippen LogP contribution in [0.2, 0.25) is 0 Å². The van der Waals surface area contributed by atoms with E-state index in [-0.39, 0.29) is 5.97 Å². The van der Waals surface area contributed by atoms with Crippen molar-refractivity contribution in [2.24, 2.45) is 0 Å². The summed E-state index contributed by atoms with van der Waals surface area (Å²) in [6.07, 6.45) is 0. The fourth-order valence-electron chi connectivity index (χ4n) is 0.904. The van der Waals surface area contributed by atoms with Crippen LogP contribution in [0, 0.1) is 0 Å². The van der Waals surface area contributed by atoms with Crippen LogP contribution in [0.15, 0.2) is 24.3 Å². The molecule has 13 heavy (non-hydrogen) atoms. The van der Waals surface area contributed by atoms with Gasteiger partial charge in [0.1, 0.15) is 0 Å². The molecule has 1 rings (SSSR count). The molecule has 0 spiro atoms. The Morgan fingerprint density at radius 3 is 2.92 bits per heavy atom. The second-order valence-electron chi connectivity index (χ2n) is 2.36. The van der Waals surface area contributed by atoms with Gasteiger partial charge in [0.25, 0.3) is 0 Å². The first-order valence-corrected chi connectivity index (χ1v) is 5.59. The van der Waals surface area contributed by atoms with E-state index in [9.17, 15) is 8.53 Å². The van der Waals surface area contributed by atoms with Crippen LogP contribution < -0.4 is 4.35 Å². The van der Waals surface area contributed by atoms with Gasteiger partial charge in [0.15, 0.2) is 0 Å². The molecular weight excluding hydrogens is 231 g/mol. The summed E-state index contributed by atoms with van der Waals surface area (Å²) in [5.41, 5.74) is 0.463. The maximum absolute atomic E-state index is 11.2. The third-order valence-corrected chi connectivity index (χ3v) is 2.49. The van der Waals surface area contributed by atoms with E-state index in [2.05, 4.69) is 0 Å². The first-order valence-electron chi connectivity index (χ1n) is 3.88. The topological polar surface area (TPSA) is 43.4 Å². The Morgan fingerprint density at radius 2 is 2.31 bits per heavy atom. The summed E-state index contributed by atoms with van der Waals surface area (Å²) in [4.78, 5) is 11.2. The number of ether oxygens (including phenoxy) is 1. The van der Waals surface area contributed by atoms with Crippen LogP contribution in [0.1, 0.15) is 17.3 Å². The number of hydrogen-bond acceptors (Lipinski definition) is 3. The van der Waals surface area contributed by atoms with Crippen LogP contribution in [0.5, 0.6) is 0 Å². The minimum atomic E-state index is -1.07. The van der Waals surface area contributed by atoms with Crippen molar-refractivity contribution < 1.29 is 13.3 Å². The quantitative estimate of drug-likeness (QED) is 0.572. The van der Waals surface area contributed by atoms with Gasteiger partial charge in [-0.1, -0.05) is 0 Å². The fraction of sp³-hybridized carbons (Fsp3) is 0.222. The first-order chi connectivity index (χ1) is 6.27. The Morgan fingerprint density at radius 1 is 1.54 bits per heavy atom. The molecule has 0 N–H and O–H groups in total. The van der Waals surface area contributed by atoms with Gasteiger partial charge in [-0.2, -0.15) is 0 Å². The van der Waals surface area contributed by atoms with Crippen molar-refractivity contribution in [2.45, 2.75) is 6.92 Å². The van der Waals surface area contributed by atoms with Gasteiger partial charge in [-0.15, -0.1) is 0 Å². The fourth-order valence-corrected chi connectivity index (χ4v) is 1.61. The van der Waals surface area contributed by atoms with E-state index in [0.29, 0.717) is 16.5 Å². The summed E-state index contributed by atoms with van der Waals surface area (Å²) in [6, 6.07) is 6.69. The molecule has 0 unspecified atom stereocenters. The Bertz CT molecular complexity index is 322. The molecule has 0 bridgehead atoms. The van der Waals surface area contributed by atoms with E-state index >= 15 is 0 Å². The molecule has 0 atom stereocenters. The standard InChI is InChI=1S/C9H9AsO3/c1-2-13-9(11)7-4-3-5-8(6-7)10-12/h3-6H,2H2,1H3. The second kappa shape index (κ2) is 4.93. The van der Waals surface area contributed by atoms with Gasteiger partial charge >= 0.3 is 82.6 Å². The van der Waals surface area contributed by atoms with Crippen LogP contribution in [0.3, 0.4) is 0 Å². The molecule has 4 heteroatoms. The van der Waals surface area contributed by atoms with E-state index in [1.165, 1.54) is 0 Å². The predicted molar refractivity (Wildman–Crippen MR) is 48.5 cm³/mol. The summed E-state index contributed by atoms with van der Waals surface area (Å²) >= 11 is -1.07. The van der Waals surface area contributed by atoms with Crippen molar-refractivity contribution in [2.75, 3.05) is 6.61 Å². The van der Waals surface area contributed by atoms with Gasteiger partial charge in [-0.3, -0.25) is 0 Å². The number of rotatable bonds is 3. The number of esters is 1. The molecule has 0 aliphatic carbocycles. The average Bonchev–Trinajstić information content (AvgIpc) is 2.18. The Kier molecular flexibility index (Phi) is 3.84. The summed E-state index contributed by atoms with van der Waals surface area (Å²) in [6.45, 7) is 2.11. The molecule has 0 fully saturated rings. The van der Waals surface area contributed by atoms with Gasteiger partial charge in [0.2, 0.25) is 0 Å². The molecule has 0 heterocycles. The number of benzene rings is 1. The number of carbonyl (C=O) groups excluding carboxylic acids is 1. The zero-order valence-corrected chi connectivity index (χ0v) is 9.07. The van der Waals surface area contributed by atoms with Gasteiger partial charge < -0.3 is 0 Å². The van der Waals surface area contributed by atoms with Gasteiger partial charge in [0, 0.05) is 0 Å². The second-order valence-corrected chi connectivity index (χ2v) is 3.83. The zero-order chi connectivity index (χ0) is 9.68. The molecule has 0 radical (unpaired) electrons.